The third kappa shape index (κ3) is 3.63. The second-order valence-electron chi connectivity index (χ2n) is 9.45. The highest BCUT2D eigenvalue weighted by Crippen LogP contribution is 2.42. The van der Waals surface area contributed by atoms with Gasteiger partial charge in [0.2, 0.25) is 5.91 Å². The molecule has 6 nitrogen and oxygen atoms in total. The zero-order valence-electron chi connectivity index (χ0n) is 20.1. The Kier molecular flexibility index (Phi) is 5.48. The molecule has 182 valence electrons. The van der Waals surface area contributed by atoms with Crippen LogP contribution in [0.5, 0.6) is 0 Å². The van der Waals surface area contributed by atoms with Gasteiger partial charge in [-0.2, -0.15) is 0 Å². The van der Waals surface area contributed by atoms with E-state index in [0.29, 0.717) is 37.4 Å². The predicted molar refractivity (Wildman–Crippen MR) is 138 cm³/mol. The molecule has 1 N–H and O–H groups in total. The fourth-order valence-electron chi connectivity index (χ4n) is 5.65. The van der Waals surface area contributed by atoms with Crippen LogP contribution in [0.2, 0.25) is 0 Å². The Bertz CT molecular complexity index is 1470. The van der Waals surface area contributed by atoms with Crippen molar-refractivity contribution in [2.24, 2.45) is 0 Å². The van der Waals surface area contributed by atoms with Crippen LogP contribution in [-0.2, 0) is 4.79 Å². The number of nitrogens with zero attached hydrogens (tertiary/aromatic N) is 3. The molecule has 2 aliphatic rings. The Labute approximate surface area is 208 Å². The van der Waals surface area contributed by atoms with Crippen LogP contribution in [0.3, 0.4) is 0 Å². The number of nitrogens with one attached hydrogen (secondary N) is 1. The van der Waals surface area contributed by atoms with Gasteiger partial charge in [0.15, 0.2) is 0 Å². The molecule has 3 aromatic carbocycles. The molecule has 2 aliphatic heterocycles. The third-order valence-corrected chi connectivity index (χ3v) is 7.41. The number of H-pyrrole nitrogens is 1. The molecule has 0 aliphatic carbocycles. The van der Waals surface area contributed by atoms with Gasteiger partial charge in [0, 0.05) is 53.9 Å². The molecule has 0 bridgehead atoms. The molecule has 0 radical (unpaired) electrons. The van der Waals surface area contributed by atoms with Crippen molar-refractivity contribution >= 4 is 28.4 Å². The molecular weight excluding hydrogens is 455 g/mol. The van der Waals surface area contributed by atoms with E-state index >= 15 is 0 Å². The molecule has 1 fully saturated rings. The number of fused-ring (bicyclic) bond motifs is 2. The molecule has 1 saturated heterocycles. The highest BCUT2D eigenvalue weighted by molar-refractivity contribution is 6.02. The lowest BCUT2D eigenvalue weighted by atomic mass is 9.95. The number of aryl methyl sites for hydroxylation is 1. The largest absolute Gasteiger partial charge is 0.366 e. The number of para-hydroxylation sites is 2. The summed E-state index contributed by atoms with van der Waals surface area (Å²) in [4.78, 5) is 35.9. The molecule has 36 heavy (non-hydrogen) atoms. The lowest BCUT2D eigenvalue weighted by molar-refractivity contribution is -0.132. The molecule has 0 saturated carbocycles. The number of aromatic amines is 1. The minimum Gasteiger partial charge on any atom is -0.366 e. The first-order valence-electron chi connectivity index (χ1n) is 12.3. The Hall–Kier alpha value is -4.13. The number of hydrogen-bond donors (Lipinski definition) is 1. The van der Waals surface area contributed by atoms with E-state index in [1.807, 2.05) is 60.4 Å². The summed E-state index contributed by atoms with van der Waals surface area (Å²) < 4.78 is 14.2. The van der Waals surface area contributed by atoms with Gasteiger partial charge in [-0.05, 0) is 36.8 Å². The molecule has 2 amide bonds. The lowest BCUT2D eigenvalue weighted by Crippen LogP contribution is -2.51. The third-order valence-electron chi connectivity index (χ3n) is 7.41. The molecule has 4 aromatic rings. The zero-order valence-corrected chi connectivity index (χ0v) is 20.1. The molecule has 7 heteroatoms. The van der Waals surface area contributed by atoms with Crippen molar-refractivity contribution in [2.45, 2.75) is 13.0 Å². The minimum atomic E-state index is -0.339. The summed E-state index contributed by atoms with van der Waals surface area (Å²) in [6.07, 6.45) is 0. The fourth-order valence-corrected chi connectivity index (χ4v) is 5.65. The summed E-state index contributed by atoms with van der Waals surface area (Å²) in [6.45, 7) is 4.08. The quantitative estimate of drug-likeness (QED) is 0.466. The van der Waals surface area contributed by atoms with Crippen molar-refractivity contribution in [2.75, 3.05) is 37.6 Å². The average Bonchev–Trinajstić information content (AvgIpc) is 3.37. The topological polar surface area (TPSA) is 59.7 Å². The number of benzene rings is 3. The van der Waals surface area contributed by atoms with E-state index in [0.717, 1.165) is 27.7 Å². The van der Waals surface area contributed by atoms with Crippen molar-refractivity contribution in [3.05, 3.63) is 101 Å². The zero-order chi connectivity index (χ0) is 24.8. The number of anilines is 1. The second kappa shape index (κ2) is 8.82. The first-order chi connectivity index (χ1) is 17.5. The van der Waals surface area contributed by atoms with Crippen LogP contribution >= 0.6 is 0 Å². The van der Waals surface area contributed by atoms with Crippen molar-refractivity contribution < 1.29 is 14.0 Å². The van der Waals surface area contributed by atoms with E-state index in [-0.39, 0.29) is 30.2 Å². The van der Waals surface area contributed by atoms with Gasteiger partial charge in [0.1, 0.15) is 12.4 Å². The monoisotopic (exact) mass is 482 g/mol. The second-order valence-corrected chi connectivity index (χ2v) is 9.45. The van der Waals surface area contributed by atoms with Crippen molar-refractivity contribution in [1.29, 1.82) is 0 Å². The maximum Gasteiger partial charge on any atom is 0.255 e. The van der Waals surface area contributed by atoms with Gasteiger partial charge in [0.05, 0.1) is 11.7 Å². The van der Waals surface area contributed by atoms with E-state index in [1.165, 1.54) is 6.07 Å². The summed E-state index contributed by atoms with van der Waals surface area (Å²) in [5.74, 6) is -0.472. The Balaban J connectivity index is 1.27. The number of aromatic nitrogens is 1. The van der Waals surface area contributed by atoms with Crippen LogP contribution in [-0.4, -0.2) is 59.3 Å². The summed E-state index contributed by atoms with van der Waals surface area (Å²) in [5.41, 5.74) is 5.15. The van der Waals surface area contributed by atoms with Crippen LogP contribution < -0.4 is 4.90 Å². The molecule has 6 rings (SSSR count). The first kappa shape index (κ1) is 22.3. The fraction of sp³-hybridized carbons (Fsp3) is 0.241. The Morgan fingerprint density at radius 2 is 1.64 bits per heavy atom. The minimum absolute atomic E-state index is 0.00315. The van der Waals surface area contributed by atoms with Crippen LogP contribution in [0, 0.1) is 12.7 Å². The number of piperazine rings is 1. The number of carbonyl (C=O) groups excluding carboxylic acids is 2. The van der Waals surface area contributed by atoms with Gasteiger partial charge in [0.25, 0.3) is 5.91 Å². The smallest absolute Gasteiger partial charge is 0.255 e. The Morgan fingerprint density at radius 3 is 2.44 bits per heavy atom. The van der Waals surface area contributed by atoms with Gasteiger partial charge in [-0.3, -0.25) is 9.59 Å². The summed E-state index contributed by atoms with van der Waals surface area (Å²) >= 11 is 0. The van der Waals surface area contributed by atoms with Crippen LogP contribution in [0.1, 0.15) is 33.2 Å². The number of halogens is 1. The number of rotatable bonds is 4. The number of amides is 2. The molecular formula is C29H27FN4O2. The maximum absolute atomic E-state index is 14.2. The van der Waals surface area contributed by atoms with E-state index in [2.05, 4.69) is 11.1 Å². The van der Waals surface area contributed by atoms with Gasteiger partial charge in [-0.1, -0.05) is 48.5 Å². The van der Waals surface area contributed by atoms with E-state index in [4.69, 9.17) is 0 Å². The van der Waals surface area contributed by atoms with Crippen LogP contribution in [0.25, 0.3) is 10.9 Å². The highest BCUT2D eigenvalue weighted by atomic mass is 19.1. The lowest BCUT2D eigenvalue weighted by Gasteiger charge is -2.37. The molecule has 0 spiro atoms. The van der Waals surface area contributed by atoms with Crippen LogP contribution in [0.4, 0.5) is 10.1 Å². The predicted octanol–water partition coefficient (Wildman–Crippen LogP) is 4.51. The summed E-state index contributed by atoms with van der Waals surface area (Å²) in [6, 6.07) is 22.1. The van der Waals surface area contributed by atoms with Gasteiger partial charge >= 0.3 is 0 Å². The van der Waals surface area contributed by atoms with Gasteiger partial charge in [-0.15, -0.1) is 0 Å². The number of carbonyl (C=O) groups is 2. The molecule has 0 unspecified atom stereocenters. The molecule has 1 aromatic heterocycles. The van der Waals surface area contributed by atoms with Crippen molar-refractivity contribution in [3.63, 3.8) is 0 Å². The summed E-state index contributed by atoms with van der Waals surface area (Å²) in [5, 5.41) is 1.06. The molecule has 1 atom stereocenters. The average molecular weight is 483 g/mol. The first-order valence-corrected chi connectivity index (χ1v) is 12.3. The SMILES string of the molecule is Cc1[nH]c2ccccc2c1[C@@H]1c2ccccc2C(=O)N1CC(=O)N1CCN(c2ccccc2F)CC1. The van der Waals surface area contributed by atoms with E-state index in [9.17, 15) is 14.0 Å². The standard InChI is InChI=1S/C29H27FN4O2/c1-19-27(22-10-4-6-12-24(22)31-19)28-20-8-2-3-9-21(20)29(36)34(28)18-26(35)33-16-14-32(15-17-33)25-13-7-5-11-23(25)30/h2-13,28,31H,14-18H2,1H3/t28-/m0/s1. The maximum atomic E-state index is 14.2. The van der Waals surface area contributed by atoms with Crippen LogP contribution in [0.15, 0.2) is 72.8 Å². The van der Waals surface area contributed by atoms with E-state index < -0.39 is 0 Å². The Morgan fingerprint density at radius 1 is 0.944 bits per heavy atom. The molecule has 3 heterocycles. The van der Waals surface area contributed by atoms with Crippen molar-refractivity contribution in [3.8, 4) is 0 Å². The van der Waals surface area contributed by atoms with Crippen molar-refractivity contribution in [1.82, 2.24) is 14.8 Å². The normalized spacial score (nSPS) is 17.7. The summed E-state index contributed by atoms with van der Waals surface area (Å²) in [7, 11) is 0. The van der Waals surface area contributed by atoms with Gasteiger partial charge < -0.3 is 19.7 Å². The highest BCUT2D eigenvalue weighted by Gasteiger charge is 2.41. The van der Waals surface area contributed by atoms with E-state index in [1.54, 1.807) is 21.9 Å². The number of hydrogen-bond acceptors (Lipinski definition) is 3. The van der Waals surface area contributed by atoms with Gasteiger partial charge in [-0.25, -0.2) is 4.39 Å².